The normalized spacial score (nSPS) is 17.1. The number of aromatic nitrogens is 2. The number of fused-ring (bicyclic) bond motifs is 1. The van der Waals surface area contributed by atoms with Crippen molar-refractivity contribution in [2.45, 2.75) is 38.9 Å². The van der Waals surface area contributed by atoms with E-state index in [0.29, 0.717) is 6.04 Å². The fraction of sp³-hybridized carbons (Fsp3) is 0.600. The Hall–Kier alpha value is -0.580. The number of aryl methyl sites for hydroxylation is 1. The van der Waals surface area contributed by atoms with Gasteiger partial charge in [0.15, 0.2) is 0 Å². The lowest BCUT2D eigenvalue weighted by Gasteiger charge is -2.09. The summed E-state index contributed by atoms with van der Waals surface area (Å²) in [5.41, 5.74) is 2.43. The molecule has 0 amide bonds. The van der Waals surface area contributed by atoms with Gasteiger partial charge < -0.3 is 10.6 Å². The van der Waals surface area contributed by atoms with E-state index < -0.39 is 0 Å². The molecule has 1 aromatic heterocycles. The summed E-state index contributed by atoms with van der Waals surface area (Å²) >= 11 is 0. The highest BCUT2D eigenvalue weighted by molar-refractivity contribution is 5.85. The summed E-state index contributed by atoms with van der Waals surface area (Å²) in [5.74, 6) is 1.93. The summed E-state index contributed by atoms with van der Waals surface area (Å²) in [6.45, 7) is 3.75. The highest BCUT2D eigenvalue weighted by Crippen LogP contribution is 2.28. The molecule has 2 aliphatic rings. The van der Waals surface area contributed by atoms with Crippen LogP contribution < -0.4 is 10.6 Å². The molecule has 16 heavy (non-hydrogen) atoms. The van der Waals surface area contributed by atoms with Crippen molar-refractivity contribution in [3.63, 3.8) is 0 Å². The molecule has 0 spiro atoms. The molecule has 2 N–H and O–H groups in total. The minimum absolute atomic E-state index is 0. The van der Waals surface area contributed by atoms with E-state index in [1.54, 1.807) is 0 Å². The van der Waals surface area contributed by atoms with Crippen LogP contribution in [0.3, 0.4) is 0 Å². The van der Waals surface area contributed by atoms with Crippen molar-refractivity contribution in [3.05, 3.63) is 17.1 Å². The number of nitrogens with zero attached hydrogens (tertiary/aromatic N) is 2. The maximum Gasteiger partial charge on any atom is 0.134 e. The van der Waals surface area contributed by atoms with Gasteiger partial charge in [0.2, 0.25) is 0 Å². The average Bonchev–Trinajstić information content (AvgIpc) is 2.81. The molecule has 0 saturated heterocycles. The molecule has 0 radical (unpaired) electrons. The largest absolute Gasteiger partial charge is 0.367 e. The predicted octanol–water partition coefficient (Wildman–Crippen LogP) is 1.81. The second kappa shape index (κ2) is 5.17. The van der Waals surface area contributed by atoms with Crippen molar-refractivity contribution < 1.29 is 0 Å². The first-order valence-corrected chi connectivity index (χ1v) is 5.16. The van der Waals surface area contributed by atoms with Crippen LogP contribution in [0.2, 0.25) is 0 Å². The van der Waals surface area contributed by atoms with Crippen LogP contribution in [0.15, 0.2) is 0 Å². The molecule has 2 heterocycles. The standard InChI is InChI=1S/C10H14N4.2ClH/c1-6-12-9-5-11-4-8(9)10(13-6)14-7-2-3-7;;/h7,11H,2-5H2,1H3,(H,12,13,14);2*1H. The summed E-state index contributed by atoms with van der Waals surface area (Å²) in [6, 6.07) is 0.661. The molecule has 0 unspecified atom stereocenters. The highest BCUT2D eigenvalue weighted by Gasteiger charge is 2.25. The molecular weight excluding hydrogens is 247 g/mol. The summed E-state index contributed by atoms with van der Waals surface area (Å²) < 4.78 is 0. The summed E-state index contributed by atoms with van der Waals surface area (Å²) in [6.07, 6.45) is 2.57. The molecule has 1 saturated carbocycles. The first kappa shape index (κ1) is 13.5. The molecular formula is C10H16Cl2N4. The fourth-order valence-electron chi connectivity index (χ4n) is 1.83. The first-order chi connectivity index (χ1) is 6.83. The van der Waals surface area contributed by atoms with Crippen molar-refractivity contribution in [1.82, 2.24) is 15.3 Å². The topological polar surface area (TPSA) is 49.8 Å². The average molecular weight is 263 g/mol. The van der Waals surface area contributed by atoms with Gasteiger partial charge in [0.25, 0.3) is 0 Å². The van der Waals surface area contributed by atoms with Gasteiger partial charge in [0, 0.05) is 24.7 Å². The molecule has 0 aromatic carbocycles. The fourth-order valence-corrected chi connectivity index (χ4v) is 1.83. The van der Waals surface area contributed by atoms with Crippen LogP contribution in [0.4, 0.5) is 5.82 Å². The monoisotopic (exact) mass is 262 g/mol. The molecule has 4 nitrogen and oxygen atoms in total. The Bertz CT molecular complexity index is 379. The van der Waals surface area contributed by atoms with Crippen LogP contribution in [0.5, 0.6) is 0 Å². The van der Waals surface area contributed by atoms with Crippen LogP contribution in [0, 0.1) is 6.92 Å². The molecule has 3 rings (SSSR count). The van der Waals surface area contributed by atoms with E-state index in [1.165, 1.54) is 24.1 Å². The molecule has 1 aliphatic carbocycles. The van der Waals surface area contributed by atoms with Crippen LogP contribution in [-0.2, 0) is 13.1 Å². The van der Waals surface area contributed by atoms with E-state index >= 15 is 0 Å². The SMILES string of the molecule is Cc1nc2c(c(NC3CC3)n1)CNC2.Cl.Cl. The second-order valence-corrected chi connectivity index (χ2v) is 4.07. The van der Waals surface area contributed by atoms with E-state index in [-0.39, 0.29) is 24.8 Å². The third kappa shape index (κ3) is 2.56. The van der Waals surface area contributed by atoms with Gasteiger partial charge in [-0.15, -0.1) is 24.8 Å². The Balaban J connectivity index is 0.000000640. The summed E-state index contributed by atoms with van der Waals surface area (Å²) in [7, 11) is 0. The molecule has 1 fully saturated rings. The lowest BCUT2D eigenvalue weighted by molar-refractivity contribution is 0.757. The maximum absolute atomic E-state index is 4.46. The summed E-state index contributed by atoms with van der Waals surface area (Å²) in [4.78, 5) is 8.89. The zero-order valence-corrected chi connectivity index (χ0v) is 10.7. The third-order valence-corrected chi connectivity index (χ3v) is 2.72. The molecule has 0 atom stereocenters. The Morgan fingerprint density at radius 1 is 1.19 bits per heavy atom. The van der Waals surface area contributed by atoms with Crippen molar-refractivity contribution in [1.29, 1.82) is 0 Å². The number of rotatable bonds is 2. The molecule has 1 aromatic rings. The zero-order valence-electron chi connectivity index (χ0n) is 9.12. The predicted molar refractivity (Wildman–Crippen MR) is 68.5 cm³/mol. The van der Waals surface area contributed by atoms with Crippen LogP contribution >= 0.6 is 24.8 Å². The van der Waals surface area contributed by atoms with Crippen LogP contribution in [-0.4, -0.2) is 16.0 Å². The van der Waals surface area contributed by atoms with E-state index in [4.69, 9.17) is 0 Å². The van der Waals surface area contributed by atoms with E-state index in [9.17, 15) is 0 Å². The highest BCUT2D eigenvalue weighted by atomic mass is 35.5. The zero-order chi connectivity index (χ0) is 9.54. The van der Waals surface area contributed by atoms with Gasteiger partial charge >= 0.3 is 0 Å². The minimum Gasteiger partial charge on any atom is -0.367 e. The third-order valence-electron chi connectivity index (χ3n) is 2.72. The quantitative estimate of drug-likeness (QED) is 0.854. The van der Waals surface area contributed by atoms with E-state index in [0.717, 1.165) is 24.7 Å². The molecule has 90 valence electrons. The van der Waals surface area contributed by atoms with Gasteiger partial charge in [-0.2, -0.15) is 0 Å². The Morgan fingerprint density at radius 3 is 2.62 bits per heavy atom. The number of hydrogen-bond donors (Lipinski definition) is 2. The lowest BCUT2D eigenvalue weighted by atomic mass is 10.2. The Kier molecular flexibility index (Phi) is 4.35. The Morgan fingerprint density at radius 2 is 1.94 bits per heavy atom. The number of halogens is 2. The smallest absolute Gasteiger partial charge is 0.134 e. The first-order valence-electron chi connectivity index (χ1n) is 5.16. The van der Waals surface area contributed by atoms with Crippen molar-refractivity contribution in [2.24, 2.45) is 0 Å². The molecule has 1 aliphatic heterocycles. The second-order valence-electron chi connectivity index (χ2n) is 4.07. The van der Waals surface area contributed by atoms with E-state index in [1.807, 2.05) is 6.92 Å². The summed E-state index contributed by atoms with van der Waals surface area (Å²) in [5, 5.41) is 6.77. The van der Waals surface area contributed by atoms with Gasteiger partial charge in [-0.05, 0) is 19.8 Å². The molecule has 0 bridgehead atoms. The molecule has 6 heteroatoms. The van der Waals surface area contributed by atoms with Gasteiger partial charge in [-0.3, -0.25) is 0 Å². The number of anilines is 1. The maximum atomic E-state index is 4.46. The van der Waals surface area contributed by atoms with Crippen LogP contribution in [0.1, 0.15) is 29.9 Å². The number of hydrogen-bond acceptors (Lipinski definition) is 4. The van der Waals surface area contributed by atoms with Crippen molar-refractivity contribution in [3.8, 4) is 0 Å². The van der Waals surface area contributed by atoms with Gasteiger partial charge in [-0.25, -0.2) is 9.97 Å². The van der Waals surface area contributed by atoms with Crippen molar-refractivity contribution >= 4 is 30.6 Å². The lowest BCUT2D eigenvalue weighted by Crippen LogP contribution is -2.09. The van der Waals surface area contributed by atoms with Gasteiger partial charge in [0.1, 0.15) is 11.6 Å². The minimum atomic E-state index is 0. The van der Waals surface area contributed by atoms with Crippen molar-refractivity contribution in [2.75, 3.05) is 5.32 Å². The van der Waals surface area contributed by atoms with Gasteiger partial charge in [-0.1, -0.05) is 0 Å². The number of nitrogens with one attached hydrogen (secondary N) is 2. The van der Waals surface area contributed by atoms with E-state index in [2.05, 4.69) is 20.6 Å². The van der Waals surface area contributed by atoms with Gasteiger partial charge in [0.05, 0.1) is 5.69 Å². The van der Waals surface area contributed by atoms with Crippen LogP contribution in [0.25, 0.3) is 0 Å². The Labute approximate surface area is 107 Å².